The molecule has 0 saturated carbocycles. The van der Waals surface area contributed by atoms with Crippen LogP contribution in [0.15, 0.2) is 42.7 Å². The second-order valence-electron chi connectivity index (χ2n) is 10.0. The molecule has 0 aliphatic heterocycles. The Balaban J connectivity index is 2.04. The second-order valence-corrected chi connectivity index (χ2v) is 10.0. The van der Waals surface area contributed by atoms with Crippen molar-refractivity contribution in [3.63, 3.8) is 0 Å². The van der Waals surface area contributed by atoms with E-state index in [9.17, 15) is 8.78 Å². The Morgan fingerprint density at radius 1 is 0.833 bits per heavy atom. The number of hydrogen-bond acceptors (Lipinski definition) is 10. The van der Waals surface area contributed by atoms with Crippen LogP contribution in [0.25, 0.3) is 0 Å². The maximum atomic E-state index is 13.6. The lowest BCUT2D eigenvalue weighted by atomic mass is 9.96. The van der Waals surface area contributed by atoms with Crippen LogP contribution in [0, 0.1) is 5.92 Å². The zero-order valence-electron chi connectivity index (χ0n) is 25.1. The zero-order chi connectivity index (χ0) is 30.8. The molecule has 2 aromatic carbocycles. The predicted molar refractivity (Wildman–Crippen MR) is 161 cm³/mol. The fraction of sp³-hybridized carbons (Fsp3) is 0.467. The third kappa shape index (κ3) is 7.81. The van der Waals surface area contributed by atoms with Gasteiger partial charge in [-0.25, -0.2) is 24.6 Å². The molecule has 4 N–H and O–H groups in total. The molecule has 42 heavy (non-hydrogen) atoms. The minimum atomic E-state index is -2.44. The van der Waals surface area contributed by atoms with E-state index in [0.29, 0.717) is 54.7 Å². The van der Waals surface area contributed by atoms with Crippen LogP contribution in [0.1, 0.15) is 44.2 Å². The number of nitrogens with zero attached hydrogens (tertiary/aromatic N) is 4. The van der Waals surface area contributed by atoms with Crippen LogP contribution < -0.4 is 40.4 Å². The standard InChI is InChI=1S/C30H42F2N6O4/c1-7-8-20(28(31)32)13-19(2)38(34)30-27(33)29(35-18-36-30)37(16-21-9-11-23(39-3)14-25(21)41-5)17-22-10-12-24(40-4)15-26(22)42-6/h9-12,14-15,18-20,28H,7-8,13,16-17,33-34H2,1-6H3. The molecule has 0 saturated heterocycles. The molecule has 0 aliphatic rings. The normalized spacial score (nSPS) is 12.5. The Morgan fingerprint density at radius 3 is 1.81 bits per heavy atom. The summed E-state index contributed by atoms with van der Waals surface area (Å²) >= 11 is 0. The molecule has 1 aromatic heterocycles. The van der Waals surface area contributed by atoms with Gasteiger partial charge in [-0.3, -0.25) is 5.01 Å². The molecule has 230 valence electrons. The van der Waals surface area contributed by atoms with Gasteiger partial charge in [-0.2, -0.15) is 0 Å². The Morgan fingerprint density at radius 2 is 1.36 bits per heavy atom. The number of hydrazine groups is 1. The van der Waals surface area contributed by atoms with Crippen molar-refractivity contribution < 1.29 is 27.7 Å². The van der Waals surface area contributed by atoms with E-state index in [1.807, 2.05) is 36.1 Å². The molecule has 10 nitrogen and oxygen atoms in total. The molecular weight excluding hydrogens is 546 g/mol. The first kappa shape index (κ1) is 32.5. The molecule has 3 rings (SSSR count). The number of halogens is 2. The summed E-state index contributed by atoms with van der Waals surface area (Å²) in [6.07, 6.45) is 0.185. The fourth-order valence-electron chi connectivity index (χ4n) is 4.89. The molecule has 0 amide bonds. The number of nitrogens with two attached hydrogens (primary N) is 2. The highest BCUT2D eigenvalue weighted by Crippen LogP contribution is 2.36. The third-order valence-corrected chi connectivity index (χ3v) is 7.23. The number of hydrogen-bond donors (Lipinski definition) is 2. The van der Waals surface area contributed by atoms with Crippen LogP contribution in [-0.2, 0) is 13.1 Å². The number of nitrogen functional groups attached to an aromatic ring is 1. The average Bonchev–Trinajstić information content (AvgIpc) is 3.00. The van der Waals surface area contributed by atoms with Crippen LogP contribution in [0.2, 0.25) is 0 Å². The molecular formula is C30H42F2N6O4. The van der Waals surface area contributed by atoms with Gasteiger partial charge in [0.2, 0.25) is 6.43 Å². The Hall–Kier alpha value is -4.06. The number of ether oxygens (including phenoxy) is 4. The summed E-state index contributed by atoms with van der Waals surface area (Å²) in [4.78, 5) is 10.8. The van der Waals surface area contributed by atoms with Gasteiger partial charge in [-0.15, -0.1) is 0 Å². The largest absolute Gasteiger partial charge is 0.497 e. The van der Waals surface area contributed by atoms with E-state index in [2.05, 4.69) is 9.97 Å². The molecule has 1 heterocycles. The van der Waals surface area contributed by atoms with Crippen LogP contribution in [0.3, 0.4) is 0 Å². The van der Waals surface area contributed by atoms with E-state index >= 15 is 0 Å². The third-order valence-electron chi connectivity index (χ3n) is 7.23. The smallest absolute Gasteiger partial charge is 0.241 e. The van der Waals surface area contributed by atoms with Crippen molar-refractivity contribution in [3.8, 4) is 23.0 Å². The van der Waals surface area contributed by atoms with Gasteiger partial charge in [0.1, 0.15) is 35.0 Å². The number of rotatable bonds is 16. The first-order valence-electron chi connectivity index (χ1n) is 13.8. The van der Waals surface area contributed by atoms with Crippen molar-refractivity contribution in [1.29, 1.82) is 0 Å². The molecule has 3 aromatic rings. The number of alkyl halides is 2. The summed E-state index contributed by atoms with van der Waals surface area (Å²) < 4.78 is 49.3. The van der Waals surface area contributed by atoms with Crippen LogP contribution >= 0.6 is 0 Å². The van der Waals surface area contributed by atoms with E-state index < -0.39 is 18.4 Å². The van der Waals surface area contributed by atoms with Crippen molar-refractivity contribution in [2.45, 2.75) is 58.7 Å². The van der Waals surface area contributed by atoms with E-state index in [0.717, 1.165) is 11.1 Å². The molecule has 0 bridgehead atoms. The van der Waals surface area contributed by atoms with Gasteiger partial charge in [0.15, 0.2) is 11.6 Å². The quantitative estimate of drug-likeness (QED) is 0.165. The minimum Gasteiger partial charge on any atom is -0.497 e. The summed E-state index contributed by atoms with van der Waals surface area (Å²) in [7, 11) is 6.35. The monoisotopic (exact) mass is 588 g/mol. The molecule has 0 radical (unpaired) electrons. The summed E-state index contributed by atoms with van der Waals surface area (Å²) in [6.45, 7) is 4.35. The molecule has 0 fully saturated rings. The maximum absolute atomic E-state index is 13.6. The molecule has 2 unspecified atom stereocenters. The maximum Gasteiger partial charge on any atom is 0.241 e. The zero-order valence-corrected chi connectivity index (χ0v) is 25.1. The first-order valence-corrected chi connectivity index (χ1v) is 13.8. The van der Waals surface area contributed by atoms with E-state index in [-0.39, 0.29) is 17.9 Å². The van der Waals surface area contributed by atoms with Crippen molar-refractivity contribution in [3.05, 3.63) is 53.9 Å². The van der Waals surface area contributed by atoms with Crippen molar-refractivity contribution in [2.24, 2.45) is 11.8 Å². The predicted octanol–water partition coefficient (Wildman–Crippen LogP) is 5.44. The van der Waals surface area contributed by atoms with Gasteiger partial charge in [0.05, 0.1) is 28.4 Å². The summed E-state index contributed by atoms with van der Waals surface area (Å²) in [5.74, 6) is 8.89. The Kier molecular flexibility index (Phi) is 11.8. The molecule has 12 heteroatoms. The SMILES string of the molecule is CCCC(CC(C)N(N)c1ncnc(N(Cc2ccc(OC)cc2OC)Cc2ccc(OC)cc2OC)c1N)C(F)F. The van der Waals surface area contributed by atoms with E-state index in [1.165, 1.54) is 11.3 Å². The lowest BCUT2D eigenvalue weighted by Gasteiger charge is -2.31. The molecule has 0 spiro atoms. The number of anilines is 3. The van der Waals surface area contributed by atoms with Crippen LogP contribution in [0.5, 0.6) is 23.0 Å². The van der Waals surface area contributed by atoms with Crippen molar-refractivity contribution in [2.75, 3.05) is 44.1 Å². The molecule has 2 atom stereocenters. The number of methoxy groups -OCH3 is 4. The Bertz CT molecular complexity index is 1240. The lowest BCUT2D eigenvalue weighted by molar-refractivity contribution is 0.0636. The van der Waals surface area contributed by atoms with Crippen LogP contribution in [-0.4, -0.2) is 50.9 Å². The lowest BCUT2D eigenvalue weighted by Crippen LogP contribution is -2.42. The van der Waals surface area contributed by atoms with Gasteiger partial charge in [0.25, 0.3) is 0 Å². The molecule has 0 aliphatic carbocycles. The highest BCUT2D eigenvalue weighted by molar-refractivity contribution is 5.76. The summed E-state index contributed by atoms with van der Waals surface area (Å²) in [5.41, 5.74) is 8.59. The van der Waals surface area contributed by atoms with Crippen molar-refractivity contribution >= 4 is 17.3 Å². The van der Waals surface area contributed by atoms with Gasteiger partial charge >= 0.3 is 0 Å². The topological polar surface area (TPSA) is 121 Å². The summed E-state index contributed by atoms with van der Waals surface area (Å²) in [5, 5.41) is 1.35. The first-order chi connectivity index (χ1) is 20.2. The number of benzene rings is 2. The van der Waals surface area contributed by atoms with Crippen LogP contribution in [0.4, 0.5) is 26.1 Å². The van der Waals surface area contributed by atoms with E-state index in [4.69, 9.17) is 30.5 Å². The second kappa shape index (κ2) is 15.2. The van der Waals surface area contributed by atoms with Gasteiger partial charge in [-0.1, -0.05) is 13.3 Å². The van der Waals surface area contributed by atoms with Gasteiger partial charge in [0, 0.05) is 48.3 Å². The van der Waals surface area contributed by atoms with Gasteiger partial charge < -0.3 is 29.6 Å². The highest BCUT2D eigenvalue weighted by atomic mass is 19.3. The average molecular weight is 589 g/mol. The highest BCUT2D eigenvalue weighted by Gasteiger charge is 2.27. The summed E-state index contributed by atoms with van der Waals surface area (Å²) in [6, 6.07) is 10.7. The minimum absolute atomic E-state index is 0.191. The van der Waals surface area contributed by atoms with E-state index in [1.54, 1.807) is 47.5 Å². The van der Waals surface area contributed by atoms with Crippen molar-refractivity contribution in [1.82, 2.24) is 9.97 Å². The fourth-order valence-corrected chi connectivity index (χ4v) is 4.89. The van der Waals surface area contributed by atoms with Gasteiger partial charge in [-0.05, 0) is 44.0 Å². The Labute approximate surface area is 246 Å². The number of aromatic nitrogens is 2.